The Morgan fingerprint density at radius 3 is 2.28 bits per heavy atom. The Labute approximate surface area is 209 Å². The van der Waals surface area contributed by atoms with Gasteiger partial charge in [0.05, 0.1) is 17.9 Å². The predicted molar refractivity (Wildman–Crippen MR) is 132 cm³/mol. The summed E-state index contributed by atoms with van der Waals surface area (Å²) < 4.78 is 55.7. The van der Waals surface area contributed by atoms with Crippen LogP contribution >= 0.6 is 0 Å². The van der Waals surface area contributed by atoms with Gasteiger partial charge in [0.2, 0.25) is 0 Å². The molecular formula is C27H32F3N3O3. The van der Waals surface area contributed by atoms with Crippen molar-refractivity contribution in [1.29, 1.82) is 0 Å². The van der Waals surface area contributed by atoms with E-state index in [4.69, 9.17) is 9.47 Å². The monoisotopic (exact) mass is 503 g/mol. The van der Waals surface area contributed by atoms with E-state index >= 15 is 0 Å². The number of nitrogens with zero attached hydrogens (tertiary/aromatic N) is 3. The minimum absolute atomic E-state index is 0.0547. The Morgan fingerprint density at radius 2 is 1.67 bits per heavy atom. The summed E-state index contributed by atoms with van der Waals surface area (Å²) >= 11 is 0. The van der Waals surface area contributed by atoms with Crippen LogP contribution in [0.5, 0.6) is 5.75 Å². The molecule has 0 radical (unpaired) electrons. The lowest BCUT2D eigenvalue weighted by Crippen LogP contribution is -2.54. The Morgan fingerprint density at radius 1 is 1.00 bits per heavy atom. The minimum Gasteiger partial charge on any atom is -0.489 e. The van der Waals surface area contributed by atoms with Crippen LogP contribution in [0.1, 0.15) is 26.3 Å². The molecule has 194 valence electrons. The van der Waals surface area contributed by atoms with E-state index in [-0.39, 0.29) is 12.2 Å². The number of amides is 1. The second kappa shape index (κ2) is 10.3. The molecule has 4 rings (SSSR count). The van der Waals surface area contributed by atoms with Gasteiger partial charge < -0.3 is 19.3 Å². The van der Waals surface area contributed by atoms with Crippen LogP contribution < -0.4 is 9.64 Å². The van der Waals surface area contributed by atoms with Gasteiger partial charge >= 0.3 is 12.0 Å². The van der Waals surface area contributed by atoms with Crippen molar-refractivity contribution in [2.75, 3.05) is 44.2 Å². The van der Waals surface area contributed by atoms with Crippen molar-refractivity contribution in [1.82, 2.24) is 9.80 Å². The molecule has 0 saturated carbocycles. The van der Waals surface area contributed by atoms with Crippen LogP contribution in [0.25, 0.3) is 0 Å². The number of carbonyl (C=O) groups excluding carboxylic acids is 1. The number of hydrogen-bond donors (Lipinski definition) is 0. The molecule has 2 aromatic carbocycles. The van der Waals surface area contributed by atoms with Gasteiger partial charge in [0.1, 0.15) is 23.8 Å². The van der Waals surface area contributed by atoms with Crippen molar-refractivity contribution < 1.29 is 27.4 Å². The van der Waals surface area contributed by atoms with Gasteiger partial charge in [-0.3, -0.25) is 4.90 Å². The smallest absolute Gasteiger partial charge is 0.410 e. The van der Waals surface area contributed by atoms with E-state index in [0.29, 0.717) is 44.2 Å². The molecule has 1 fully saturated rings. The predicted octanol–water partition coefficient (Wildman–Crippen LogP) is 5.30. The van der Waals surface area contributed by atoms with Crippen LogP contribution in [0.2, 0.25) is 0 Å². The summed E-state index contributed by atoms with van der Waals surface area (Å²) in [5.74, 6) is -3.18. The average Bonchev–Trinajstić information content (AvgIpc) is 2.82. The highest BCUT2D eigenvalue weighted by Gasteiger charge is 2.44. The summed E-state index contributed by atoms with van der Waals surface area (Å²) in [5, 5.41) is 0. The topological polar surface area (TPSA) is 45.2 Å². The van der Waals surface area contributed by atoms with Gasteiger partial charge in [-0.25, -0.2) is 9.18 Å². The summed E-state index contributed by atoms with van der Waals surface area (Å²) in [6.45, 7) is 6.18. The molecule has 2 aliphatic rings. The number of halogens is 3. The van der Waals surface area contributed by atoms with Gasteiger partial charge in [-0.15, -0.1) is 0 Å². The maximum absolute atomic E-state index is 15.0. The fraction of sp³-hybridized carbons (Fsp3) is 0.444. The highest BCUT2D eigenvalue weighted by Crippen LogP contribution is 2.34. The molecule has 6 nitrogen and oxygen atoms in total. The van der Waals surface area contributed by atoms with E-state index in [1.165, 1.54) is 12.1 Å². The molecule has 2 heterocycles. The number of rotatable bonds is 5. The molecule has 0 aromatic heterocycles. The van der Waals surface area contributed by atoms with Crippen LogP contribution in [0.3, 0.4) is 0 Å². The second-order valence-corrected chi connectivity index (χ2v) is 10.0. The highest BCUT2D eigenvalue weighted by atomic mass is 19.3. The first kappa shape index (κ1) is 25.7. The van der Waals surface area contributed by atoms with Crippen molar-refractivity contribution in [3.8, 4) is 5.75 Å². The lowest BCUT2D eigenvalue weighted by Gasteiger charge is -2.43. The molecule has 0 spiro atoms. The molecule has 36 heavy (non-hydrogen) atoms. The number of benzene rings is 2. The summed E-state index contributed by atoms with van der Waals surface area (Å²) in [6.07, 6.45) is 0.636. The largest absolute Gasteiger partial charge is 0.489 e. The van der Waals surface area contributed by atoms with E-state index in [1.54, 1.807) is 37.8 Å². The van der Waals surface area contributed by atoms with Gasteiger partial charge in [-0.1, -0.05) is 30.3 Å². The van der Waals surface area contributed by atoms with E-state index in [2.05, 4.69) is 0 Å². The fourth-order valence-electron chi connectivity index (χ4n) is 4.32. The first-order valence-corrected chi connectivity index (χ1v) is 12.0. The zero-order valence-corrected chi connectivity index (χ0v) is 20.8. The van der Waals surface area contributed by atoms with E-state index in [1.807, 2.05) is 35.2 Å². The number of piperazine rings is 1. The molecule has 0 N–H and O–H groups in total. The third-order valence-corrected chi connectivity index (χ3v) is 6.05. The van der Waals surface area contributed by atoms with Crippen LogP contribution in [0, 0.1) is 5.82 Å². The number of alkyl halides is 2. The van der Waals surface area contributed by atoms with Crippen LogP contribution in [-0.4, -0.2) is 66.7 Å². The normalized spacial score (nSPS) is 18.1. The van der Waals surface area contributed by atoms with Crippen LogP contribution in [0.15, 0.2) is 60.3 Å². The molecule has 9 heteroatoms. The van der Waals surface area contributed by atoms with E-state index < -0.39 is 30.0 Å². The molecule has 0 atom stereocenters. The van der Waals surface area contributed by atoms with Crippen molar-refractivity contribution in [2.45, 2.75) is 38.9 Å². The number of anilines is 1. The Bertz CT molecular complexity index is 1090. The number of ether oxygens (including phenoxy) is 2. The van der Waals surface area contributed by atoms with Crippen LogP contribution in [-0.2, 0) is 11.3 Å². The quantitative estimate of drug-likeness (QED) is 0.555. The average molecular weight is 504 g/mol. The van der Waals surface area contributed by atoms with Gasteiger partial charge in [-0.05, 0) is 44.5 Å². The fourth-order valence-corrected chi connectivity index (χ4v) is 4.32. The number of carbonyl (C=O) groups is 1. The standard InChI is InChI=1S/C27H32F3N3O3/c1-26(2,3)36-25(34)33-12-11-24(27(29,30)19-33)32-15-13-31(14-16-32)23-10-9-21(17-22(23)28)35-18-20-7-5-4-6-8-20/h4-11,17H,12-16,18-19H2,1-3H3. The van der Waals surface area contributed by atoms with E-state index in [9.17, 15) is 18.0 Å². The Hall–Kier alpha value is -3.36. The van der Waals surface area contributed by atoms with Crippen molar-refractivity contribution >= 4 is 11.8 Å². The first-order valence-electron chi connectivity index (χ1n) is 12.0. The number of hydrogen-bond acceptors (Lipinski definition) is 5. The third kappa shape index (κ3) is 6.25. The molecule has 2 aliphatic heterocycles. The van der Waals surface area contributed by atoms with Gasteiger partial charge in [0, 0.05) is 38.8 Å². The lowest BCUT2D eigenvalue weighted by atomic mass is 10.1. The SMILES string of the molecule is CC(C)(C)OC(=O)N1CC=C(N2CCN(c3ccc(OCc4ccccc4)cc3F)CC2)C(F)(F)C1. The minimum atomic E-state index is -3.19. The van der Waals surface area contributed by atoms with Gasteiger partial charge in [-0.2, -0.15) is 8.78 Å². The summed E-state index contributed by atoms with van der Waals surface area (Å²) in [7, 11) is 0. The van der Waals surface area contributed by atoms with Crippen molar-refractivity contribution in [3.05, 3.63) is 71.7 Å². The molecule has 2 aromatic rings. The Kier molecular flexibility index (Phi) is 7.38. The molecule has 0 aliphatic carbocycles. The highest BCUT2D eigenvalue weighted by molar-refractivity contribution is 5.69. The maximum atomic E-state index is 15.0. The maximum Gasteiger partial charge on any atom is 0.410 e. The van der Waals surface area contributed by atoms with Gasteiger partial charge in [0.15, 0.2) is 0 Å². The molecule has 1 amide bonds. The zero-order chi connectivity index (χ0) is 25.9. The van der Waals surface area contributed by atoms with E-state index in [0.717, 1.165) is 10.5 Å². The molecule has 1 saturated heterocycles. The molecular weight excluding hydrogens is 471 g/mol. The summed E-state index contributed by atoms with van der Waals surface area (Å²) in [4.78, 5) is 16.7. The lowest BCUT2D eigenvalue weighted by molar-refractivity contribution is -0.0403. The van der Waals surface area contributed by atoms with Crippen molar-refractivity contribution in [3.63, 3.8) is 0 Å². The van der Waals surface area contributed by atoms with Gasteiger partial charge in [0.25, 0.3) is 0 Å². The molecule has 0 bridgehead atoms. The zero-order valence-electron chi connectivity index (χ0n) is 20.8. The third-order valence-electron chi connectivity index (χ3n) is 6.05. The van der Waals surface area contributed by atoms with Crippen LogP contribution in [0.4, 0.5) is 23.7 Å². The second-order valence-electron chi connectivity index (χ2n) is 10.0. The summed E-state index contributed by atoms with van der Waals surface area (Å²) in [5.41, 5.74) is 0.559. The molecule has 0 unspecified atom stereocenters. The van der Waals surface area contributed by atoms with Crippen molar-refractivity contribution in [2.24, 2.45) is 0 Å². The Balaban J connectivity index is 1.34. The first-order chi connectivity index (χ1) is 17.0. The summed E-state index contributed by atoms with van der Waals surface area (Å²) in [6, 6.07) is 14.4.